The van der Waals surface area contributed by atoms with Crippen LogP contribution in [0.4, 0.5) is 5.69 Å². The number of ketones is 1. The minimum absolute atomic E-state index is 0.0811. The summed E-state index contributed by atoms with van der Waals surface area (Å²) >= 11 is 0. The third-order valence-electron chi connectivity index (χ3n) is 7.16. The van der Waals surface area contributed by atoms with Crippen LogP contribution in [-0.2, 0) is 14.4 Å². The van der Waals surface area contributed by atoms with E-state index in [1.807, 2.05) is 19.1 Å². The van der Waals surface area contributed by atoms with E-state index >= 15 is 0 Å². The van der Waals surface area contributed by atoms with Gasteiger partial charge in [0.15, 0.2) is 0 Å². The highest BCUT2D eigenvalue weighted by Gasteiger charge is 2.39. The number of aliphatic hydroxyl groups is 2. The molecule has 0 spiro atoms. The number of Topliss-reactive ketones (excluding diaryl/α,β-unsaturated/α-hetero) is 1. The number of benzene rings is 1. The lowest BCUT2D eigenvalue weighted by Gasteiger charge is -2.22. The lowest BCUT2D eigenvalue weighted by Crippen LogP contribution is -2.23. The third kappa shape index (κ3) is 9.51. The van der Waals surface area contributed by atoms with E-state index in [9.17, 15) is 29.7 Å². The smallest absolute Gasteiger partial charge is 0.310 e. The van der Waals surface area contributed by atoms with Gasteiger partial charge in [-0.1, -0.05) is 63.3 Å². The lowest BCUT2D eigenvalue weighted by atomic mass is 9.87. The van der Waals surface area contributed by atoms with E-state index in [0.29, 0.717) is 36.9 Å². The van der Waals surface area contributed by atoms with Crippen molar-refractivity contribution in [2.24, 2.45) is 11.8 Å². The van der Waals surface area contributed by atoms with Crippen LogP contribution >= 0.6 is 0 Å². The summed E-state index contributed by atoms with van der Waals surface area (Å²) in [5, 5.41) is 33.3. The molecule has 5 atom stereocenters. The number of carbonyl (C=O) groups is 3. The van der Waals surface area contributed by atoms with E-state index in [4.69, 9.17) is 0 Å². The number of aliphatic carboxylic acids is 1. The average Bonchev–Trinajstić information content (AvgIpc) is 3.07. The fourth-order valence-corrected chi connectivity index (χ4v) is 5.06. The van der Waals surface area contributed by atoms with Gasteiger partial charge in [-0.05, 0) is 50.3 Å². The minimum Gasteiger partial charge on any atom is -0.481 e. The first-order valence-corrected chi connectivity index (χ1v) is 13.2. The van der Waals surface area contributed by atoms with Gasteiger partial charge in [0.2, 0.25) is 5.91 Å². The molecule has 0 heterocycles. The summed E-state index contributed by atoms with van der Waals surface area (Å²) in [6.45, 7) is 5.33. The van der Waals surface area contributed by atoms with Crippen LogP contribution < -0.4 is 5.32 Å². The highest BCUT2D eigenvalue weighted by molar-refractivity contribution is 5.88. The number of amides is 1. The maximum absolute atomic E-state index is 12.5. The Morgan fingerprint density at radius 2 is 1.86 bits per heavy atom. The van der Waals surface area contributed by atoms with Crippen LogP contribution in [0.3, 0.4) is 0 Å². The van der Waals surface area contributed by atoms with Crippen molar-refractivity contribution in [2.45, 2.75) is 103 Å². The molecule has 4 N–H and O–H groups in total. The fourth-order valence-electron chi connectivity index (χ4n) is 5.06. The van der Waals surface area contributed by atoms with Crippen molar-refractivity contribution in [2.75, 3.05) is 5.32 Å². The van der Waals surface area contributed by atoms with Crippen LogP contribution in [-0.4, -0.2) is 44.7 Å². The second-order valence-electron chi connectivity index (χ2n) is 10.5. The quantitative estimate of drug-likeness (QED) is 0.193. The topological polar surface area (TPSA) is 124 Å². The monoisotopic (exact) mass is 501 g/mol. The Balaban J connectivity index is 1.84. The van der Waals surface area contributed by atoms with Gasteiger partial charge in [0.05, 0.1) is 17.6 Å². The predicted molar refractivity (Wildman–Crippen MR) is 141 cm³/mol. The van der Waals surface area contributed by atoms with Gasteiger partial charge in [0, 0.05) is 30.9 Å². The van der Waals surface area contributed by atoms with Crippen molar-refractivity contribution in [3.8, 4) is 0 Å². The number of hydrogen-bond donors (Lipinski definition) is 4. The van der Waals surface area contributed by atoms with Gasteiger partial charge < -0.3 is 20.6 Å². The molecule has 0 saturated heterocycles. The number of hydrogen-bond acceptors (Lipinski definition) is 5. The Morgan fingerprint density at radius 3 is 2.47 bits per heavy atom. The number of carbonyl (C=O) groups excluding carboxylic acids is 2. The molecule has 36 heavy (non-hydrogen) atoms. The van der Waals surface area contributed by atoms with E-state index < -0.39 is 23.6 Å². The van der Waals surface area contributed by atoms with Gasteiger partial charge in [-0.15, -0.1) is 0 Å². The Kier molecular flexibility index (Phi) is 11.8. The molecule has 7 heteroatoms. The van der Waals surface area contributed by atoms with Gasteiger partial charge in [0.25, 0.3) is 0 Å². The Bertz CT molecular complexity index is 892. The summed E-state index contributed by atoms with van der Waals surface area (Å²) in [5.74, 6) is -2.05. The van der Waals surface area contributed by atoms with E-state index in [1.54, 1.807) is 24.3 Å². The molecule has 0 aliphatic heterocycles. The zero-order valence-corrected chi connectivity index (χ0v) is 21.9. The molecular formula is C29H43NO6. The molecule has 7 nitrogen and oxygen atoms in total. The van der Waals surface area contributed by atoms with Crippen LogP contribution in [0.2, 0.25) is 0 Å². The Morgan fingerprint density at radius 1 is 1.17 bits per heavy atom. The SMILES string of the molecule is CCCCC(C)(O)C/C=C/[C@H]1[C@H](O)CC(=O)[C@@H]1CCCCCC(C(=O)O)c1ccc(NC(C)=O)cc1. The lowest BCUT2D eigenvalue weighted by molar-refractivity contribution is -0.139. The molecule has 1 aliphatic rings. The highest BCUT2D eigenvalue weighted by Crippen LogP contribution is 2.35. The average molecular weight is 502 g/mol. The van der Waals surface area contributed by atoms with E-state index in [2.05, 4.69) is 12.2 Å². The first-order valence-electron chi connectivity index (χ1n) is 13.2. The number of aliphatic hydroxyl groups excluding tert-OH is 1. The number of anilines is 1. The predicted octanol–water partition coefficient (Wildman–Crippen LogP) is 5.22. The largest absolute Gasteiger partial charge is 0.481 e. The highest BCUT2D eigenvalue weighted by atomic mass is 16.4. The maximum Gasteiger partial charge on any atom is 0.310 e. The van der Waals surface area contributed by atoms with Crippen molar-refractivity contribution >= 4 is 23.3 Å². The molecule has 0 aromatic heterocycles. The molecule has 1 saturated carbocycles. The zero-order chi connectivity index (χ0) is 26.7. The molecule has 1 aliphatic carbocycles. The first kappa shape index (κ1) is 29.7. The van der Waals surface area contributed by atoms with Gasteiger partial charge >= 0.3 is 5.97 Å². The first-order chi connectivity index (χ1) is 17.0. The molecule has 200 valence electrons. The number of carboxylic acid groups (broad SMARTS) is 1. The fraction of sp³-hybridized carbons (Fsp3) is 0.621. The number of unbranched alkanes of at least 4 members (excludes halogenated alkanes) is 3. The van der Waals surface area contributed by atoms with Crippen LogP contribution in [0.25, 0.3) is 0 Å². The van der Waals surface area contributed by atoms with Gasteiger partial charge in [-0.25, -0.2) is 0 Å². The van der Waals surface area contributed by atoms with E-state index in [-0.39, 0.29) is 29.9 Å². The Labute approximate surface area is 215 Å². The normalized spacial score (nSPS) is 22.5. The second kappa shape index (κ2) is 14.3. The van der Waals surface area contributed by atoms with Crippen molar-refractivity contribution in [1.82, 2.24) is 0 Å². The molecule has 1 aromatic carbocycles. The van der Waals surface area contributed by atoms with E-state index in [0.717, 1.165) is 32.1 Å². The third-order valence-corrected chi connectivity index (χ3v) is 7.16. The molecule has 0 bridgehead atoms. The summed E-state index contributed by atoms with van der Waals surface area (Å²) in [5.41, 5.74) is 0.554. The standard InChI is InChI=1S/C29H43NO6/c1-4-5-17-29(3,36)18-9-12-25-24(26(32)19-27(25)33)11-8-6-7-10-23(28(34)35)21-13-15-22(16-14-21)30-20(2)31/h9,12-16,23-25,27,33,36H,4-8,10-11,17-19H2,1-3H3,(H,30,31)(H,34,35)/b12-9+/t23?,24-,25-,27-,29?/m1/s1. The summed E-state index contributed by atoms with van der Waals surface area (Å²) in [7, 11) is 0. The Hall–Kier alpha value is -2.51. The van der Waals surface area contributed by atoms with Gasteiger partial charge in [-0.2, -0.15) is 0 Å². The number of carboxylic acids is 1. The van der Waals surface area contributed by atoms with E-state index in [1.165, 1.54) is 6.92 Å². The zero-order valence-electron chi connectivity index (χ0n) is 21.9. The van der Waals surface area contributed by atoms with Crippen molar-refractivity contribution in [1.29, 1.82) is 0 Å². The molecule has 1 aromatic rings. The number of rotatable bonds is 15. The maximum atomic E-state index is 12.5. The van der Waals surface area contributed by atoms with Crippen LogP contribution in [0.5, 0.6) is 0 Å². The van der Waals surface area contributed by atoms with Crippen LogP contribution in [0.15, 0.2) is 36.4 Å². The van der Waals surface area contributed by atoms with Crippen molar-refractivity contribution in [3.63, 3.8) is 0 Å². The van der Waals surface area contributed by atoms with Crippen LogP contribution in [0, 0.1) is 11.8 Å². The van der Waals surface area contributed by atoms with Crippen molar-refractivity contribution in [3.05, 3.63) is 42.0 Å². The summed E-state index contributed by atoms with van der Waals surface area (Å²) < 4.78 is 0. The molecular weight excluding hydrogens is 458 g/mol. The minimum atomic E-state index is -0.878. The summed E-state index contributed by atoms with van der Waals surface area (Å²) in [4.78, 5) is 35.5. The molecule has 1 fully saturated rings. The molecule has 2 unspecified atom stereocenters. The summed E-state index contributed by atoms with van der Waals surface area (Å²) in [6, 6.07) is 6.89. The number of nitrogens with one attached hydrogen (secondary N) is 1. The second-order valence-corrected chi connectivity index (χ2v) is 10.5. The van der Waals surface area contributed by atoms with Gasteiger partial charge in [-0.3, -0.25) is 14.4 Å². The molecule has 2 rings (SSSR count). The summed E-state index contributed by atoms with van der Waals surface area (Å²) in [6.07, 6.45) is 9.97. The molecule has 1 amide bonds. The van der Waals surface area contributed by atoms with Gasteiger partial charge in [0.1, 0.15) is 5.78 Å². The molecule has 0 radical (unpaired) electrons. The van der Waals surface area contributed by atoms with Crippen LogP contribution in [0.1, 0.15) is 96.5 Å². The van der Waals surface area contributed by atoms with Crippen molar-refractivity contribution < 1.29 is 29.7 Å².